The van der Waals surface area contributed by atoms with E-state index in [4.69, 9.17) is 44.9 Å². The highest BCUT2D eigenvalue weighted by molar-refractivity contribution is 5.97. The van der Waals surface area contributed by atoms with E-state index in [1.165, 1.54) is 18.3 Å². The van der Waals surface area contributed by atoms with Crippen LogP contribution in [0.3, 0.4) is 0 Å². The molecule has 100 heavy (non-hydrogen) atoms. The topological polar surface area (TPSA) is 457 Å². The van der Waals surface area contributed by atoms with Gasteiger partial charge in [-0.2, -0.15) is 4.98 Å². The van der Waals surface area contributed by atoms with Crippen LogP contribution in [0.4, 0.5) is 11.6 Å². The van der Waals surface area contributed by atoms with Gasteiger partial charge in [-0.1, -0.05) is 6.08 Å². The number of anilines is 2. The molecular weight excluding hydrogens is 1300 g/mol. The van der Waals surface area contributed by atoms with E-state index in [1.54, 1.807) is 12.1 Å². The molecule has 3 amide bonds. The maximum atomic E-state index is 13.1. The number of ether oxygens (including phenoxy) is 6. The average molecular weight is 1410 g/mol. The van der Waals surface area contributed by atoms with Gasteiger partial charge in [0.05, 0.1) is 103 Å². The second-order valence-corrected chi connectivity index (χ2v) is 26.5. The molecule has 0 radical (unpaired) electrons. The molecular formula is C67H107N17O16. The van der Waals surface area contributed by atoms with E-state index in [9.17, 15) is 48.9 Å². The number of fused-ring (bicyclic) bond motifs is 1. The van der Waals surface area contributed by atoms with Gasteiger partial charge in [-0.25, -0.2) is 14.8 Å². The molecule has 5 atom stereocenters. The van der Waals surface area contributed by atoms with Crippen LogP contribution in [0.15, 0.2) is 63.4 Å². The van der Waals surface area contributed by atoms with Gasteiger partial charge in [-0.05, 0) is 111 Å². The van der Waals surface area contributed by atoms with Gasteiger partial charge in [0.15, 0.2) is 23.7 Å². The second-order valence-electron chi connectivity index (χ2n) is 26.5. The van der Waals surface area contributed by atoms with E-state index in [0.29, 0.717) is 179 Å². The maximum Gasteiger partial charge on any atom is 0.326 e. The standard InChI is InChI=1S/C67H107N17O16/c1-66(2,3)83(25-29-97-33-37-99-35-31-95-27-7-9-50(85)19-21-52(62(91)92)77-58(87)44-11-15-46(16-12-44)71-39-48-41-73-56-54(75-48)60(89)81-64(68)79-56)24-23-70-43-84(67(4,5)6)26-30-98-34-38-100-36-32-96-28-8-10-51(86)20-22-53(63(93)94)78-59(88)45-13-17-47(18-14-45)72-40-49-42-74-57-55(76-49)61(90)82-65(69)80-57/h11-13,15-16,23,41,47,49,52-53,63,65,71-72,74,76,80,93-94H,7-10,14,17-22,24-40,42-43,69H2,1-6H3,(H,77,87)(H,78,88)(H,82,90)(H,91,92)(H3,68,73,79,81,89)/b70-23-/t47?,49-,52?,53+,65+/m1/s1. The number of carbonyl (C=O) groups is 6. The molecule has 0 spiro atoms. The number of aromatic amines is 1. The Morgan fingerprint density at radius 3 is 1.94 bits per heavy atom. The number of hydrogen-bond acceptors (Lipinski definition) is 28. The van der Waals surface area contributed by atoms with E-state index in [-0.39, 0.29) is 114 Å². The molecule has 3 aliphatic rings. The van der Waals surface area contributed by atoms with Crippen LogP contribution in [0.1, 0.15) is 128 Å². The number of carboxylic acids is 1. The molecule has 16 N–H and O–H groups in total. The summed E-state index contributed by atoms with van der Waals surface area (Å²) in [7, 11) is 0. The molecule has 2 aromatic heterocycles. The Labute approximate surface area is 583 Å². The molecule has 4 heterocycles. The summed E-state index contributed by atoms with van der Waals surface area (Å²) in [5, 5.41) is 53.7. The molecule has 33 nitrogen and oxygen atoms in total. The highest BCUT2D eigenvalue weighted by Gasteiger charge is 2.32. The minimum atomic E-state index is -1.82. The number of nitrogens with zero attached hydrogens (tertiary/aromatic N) is 6. The molecule has 3 aromatic rings. The Kier molecular flexibility index (Phi) is 34.6. The number of ketones is 2. The number of nitrogen functional groups attached to an aromatic ring is 1. The lowest BCUT2D eigenvalue weighted by atomic mass is 9.94. The van der Waals surface area contributed by atoms with Gasteiger partial charge < -0.3 is 92.0 Å². The van der Waals surface area contributed by atoms with Crippen molar-refractivity contribution in [2.24, 2.45) is 10.7 Å². The summed E-state index contributed by atoms with van der Waals surface area (Å²) in [4.78, 5) is 112. The normalized spacial score (nSPS) is 17.1. The molecule has 2 aliphatic heterocycles. The summed E-state index contributed by atoms with van der Waals surface area (Å²) in [6.45, 7) is 21.6. The van der Waals surface area contributed by atoms with Crippen LogP contribution in [0.5, 0.6) is 0 Å². The lowest BCUT2D eigenvalue weighted by Crippen LogP contribution is -2.64. The lowest BCUT2D eigenvalue weighted by molar-refractivity contribution is -0.139. The minimum absolute atomic E-state index is 0.0230. The number of carboxylic acid groups (broad SMARTS) is 1. The van der Waals surface area contributed by atoms with Crippen LogP contribution in [-0.4, -0.2) is 253 Å². The number of aromatic nitrogens is 4. The number of nitrogens with one attached hydrogen (secondary N) is 9. The fraction of sp³-hybridized carbons (Fsp3) is 0.657. The zero-order chi connectivity index (χ0) is 72.5. The number of hydrogen-bond donors (Lipinski definition) is 14. The minimum Gasteiger partial charge on any atom is -0.480 e. The van der Waals surface area contributed by atoms with E-state index >= 15 is 0 Å². The van der Waals surface area contributed by atoms with Gasteiger partial charge in [-0.15, -0.1) is 0 Å². The van der Waals surface area contributed by atoms with Crippen molar-refractivity contribution < 1.29 is 72.5 Å². The maximum absolute atomic E-state index is 13.1. The highest BCUT2D eigenvalue weighted by atomic mass is 16.5. The summed E-state index contributed by atoms with van der Waals surface area (Å²) in [6, 6.07) is 4.18. The molecule has 0 bridgehead atoms. The SMILES string of the molecule is CC(C)(C)N(C/C=N\CN(CCOCCOCCOCCCC(=O)CC[C@H](NC(=O)C1=CCC(NC[C@@H]2CNC3=C(N2)C(=O)N[C@@H](N)N3)CC1)C(O)O)C(C)(C)C)CCOCCOCCOCCCC(=O)CCC(NC(=O)c1ccc(NCc2cnc3nc(N)[nH]c(=O)c3n2)cc1)C(=O)O. The van der Waals surface area contributed by atoms with Crippen LogP contribution >= 0.6 is 0 Å². The number of H-pyrrole nitrogens is 1. The lowest BCUT2D eigenvalue weighted by Gasteiger charge is -2.36. The molecule has 2 unspecified atom stereocenters. The monoisotopic (exact) mass is 1410 g/mol. The number of aliphatic imine (C=N–C) groups is 1. The van der Waals surface area contributed by atoms with E-state index in [1.807, 2.05) is 12.3 Å². The summed E-state index contributed by atoms with van der Waals surface area (Å²) in [5.74, 6) is -2.19. The Balaban J connectivity index is 0.709. The molecule has 1 aliphatic carbocycles. The van der Waals surface area contributed by atoms with Crippen molar-refractivity contribution in [2.45, 2.75) is 167 Å². The first kappa shape index (κ1) is 81.3. The van der Waals surface area contributed by atoms with Crippen LogP contribution in [-0.2, 0) is 58.9 Å². The van der Waals surface area contributed by atoms with Crippen molar-refractivity contribution in [2.75, 3.05) is 130 Å². The zero-order valence-corrected chi connectivity index (χ0v) is 58.7. The van der Waals surface area contributed by atoms with Gasteiger partial charge in [0.2, 0.25) is 11.9 Å². The predicted octanol–water partition coefficient (Wildman–Crippen LogP) is 0.234. The summed E-state index contributed by atoms with van der Waals surface area (Å²) in [6.07, 6.45) is 6.10. The molecule has 1 aromatic carbocycles. The quantitative estimate of drug-likeness (QED) is 0.0204. The van der Waals surface area contributed by atoms with Crippen molar-refractivity contribution in [1.29, 1.82) is 0 Å². The van der Waals surface area contributed by atoms with Crippen molar-refractivity contribution in [3.05, 3.63) is 75.2 Å². The average Bonchev–Trinajstić information content (AvgIpc) is 0.817. The smallest absolute Gasteiger partial charge is 0.326 e. The van der Waals surface area contributed by atoms with Crippen molar-refractivity contribution in [3.8, 4) is 0 Å². The molecule has 6 rings (SSSR count). The van der Waals surface area contributed by atoms with Crippen LogP contribution < -0.4 is 59.6 Å². The second kappa shape index (κ2) is 42.6. The Morgan fingerprint density at radius 1 is 0.750 bits per heavy atom. The van der Waals surface area contributed by atoms with E-state index < -0.39 is 42.1 Å². The van der Waals surface area contributed by atoms with Gasteiger partial charge in [0, 0.05) is 112 Å². The van der Waals surface area contributed by atoms with Gasteiger partial charge in [0.25, 0.3) is 17.4 Å². The number of nitrogens with two attached hydrogens (primary N) is 2. The summed E-state index contributed by atoms with van der Waals surface area (Å²) < 4.78 is 34.4. The van der Waals surface area contributed by atoms with Crippen LogP contribution in [0.25, 0.3) is 11.2 Å². The molecule has 0 fully saturated rings. The Morgan fingerprint density at radius 2 is 1.35 bits per heavy atom. The molecule has 33 heteroatoms. The molecule has 556 valence electrons. The number of rotatable bonds is 48. The van der Waals surface area contributed by atoms with Gasteiger partial charge >= 0.3 is 5.97 Å². The number of carbonyl (C=O) groups excluding carboxylic acids is 5. The van der Waals surface area contributed by atoms with E-state index in [0.717, 1.165) is 0 Å². The number of aliphatic carboxylic acids is 1. The summed E-state index contributed by atoms with van der Waals surface area (Å²) in [5.41, 5.74) is 13.0. The predicted molar refractivity (Wildman–Crippen MR) is 373 cm³/mol. The van der Waals surface area contributed by atoms with E-state index in [2.05, 4.69) is 114 Å². The van der Waals surface area contributed by atoms with Gasteiger partial charge in [-0.3, -0.25) is 54.3 Å². The third kappa shape index (κ3) is 29.9. The van der Waals surface area contributed by atoms with Crippen molar-refractivity contribution >= 4 is 64.3 Å². The van der Waals surface area contributed by atoms with Crippen LogP contribution in [0.2, 0.25) is 0 Å². The number of Topliss-reactive ketones (excluding diaryl/α,β-unsaturated/α-hetero) is 2. The first-order chi connectivity index (χ1) is 47.8. The fourth-order valence-corrected chi connectivity index (χ4v) is 10.7. The summed E-state index contributed by atoms with van der Waals surface area (Å²) >= 11 is 0. The van der Waals surface area contributed by atoms with Gasteiger partial charge in [0.1, 0.15) is 29.1 Å². The molecule has 0 saturated heterocycles. The van der Waals surface area contributed by atoms with Crippen molar-refractivity contribution in [3.63, 3.8) is 0 Å². The third-order valence-corrected chi connectivity index (χ3v) is 16.7. The highest BCUT2D eigenvalue weighted by Crippen LogP contribution is 2.21. The number of aliphatic hydroxyl groups excluding tert-OH is 1. The Bertz CT molecular complexity index is 3230. The largest absolute Gasteiger partial charge is 0.480 e. The fourth-order valence-electron chi connectivity index (χ4n) is 10.7. The molecule has 0 saturated carbocycles. The number of aliphatic hydroxyl groups is 2. The first-order valence-corrected chi connectivity index (χ1v) is 34.4. The number of benzene rings is 1. The van der Waals surface area contributed by atoms with Crippen LogP contribution in [0, 0.1) is 0 Å². The number of amides is 3. The first-order valence-electron chi connectivity index (χ1n) is 34.4. The zero-order valence-electron chi connectivity index (χ0n) is 58.7. The van der Waals surface area contributed by atoms with Crippen molar-refractivity contribution in [1.82, 2.24) is 67.0 Å². The third-order valence-electron chi connectivity index (χ3n) is 16.7. The Hall–Kier alpha value is -7.67.